The second-order valence-corrected chi connectivity index (χ2v) is 4.26. The summed E-state index contributed by atoms with van der Waals surface area (Å²) < 4.78 is 1.81. The Morgan fingerprint density at radius 1 is 1.38 bits per heavy atom. The van der Waals surface area contributed by atoms with Gasteiger partial charge in [-0.05, 0) is 6.54 Å². The zero-order valence-corrected chi connectivity index (χ0v) is 8.83. The fourth-order valence-electron chi connectivity index (χ4n) is 1.08. The molecule has 2 N–H and O–H groups in total. The van der Waals surface area contributed by atoms with E-state index in [1.165, 1.54) is 0 Å². The molecule has 0 aliphatic heterocycles. The maximum Gasteiger partial charge on any atom is 0.156 e. The van der Waals surface area contributed by atoms with Crippen LogP contribution in [0.4, 0.5) is 0 Å². The molecule has 0 saturated carbocycles. The van der Waals surface area contributed by atoms with E-state index in [9.17, 15) is 0 Å². The van der Waals surface area contributed by atoms with Gasteiger partial charge in [0, 0.05) is 18.9 Å². The number of rotatable bonds is 2. The Balaban J connectivity index is 2.95. The van der Waals surface area contributed by atoms with Crippen molar-refractivity contribution in [2.45, 2.75) is 32.6 Å². The molecule has 1 rings (SSSR count). The van der Waals surface area contributed by atoms with E-state index < -0.39 is 0 Å². The van der Waals surface area contributed by atoms with Crippen LogP contribution >= 0.6 is 0 Å². The lowest BCUT2D eigenvalue weighted by Crippen LogP contribution is -2.13. The van der Waals surface area contributed by atoms with E-state index in [4.69, 9.17) is 5.73 Å². The van der Waals surface area contributed by atoms with Crippen molar-refractivity contribution in [3.63, 3.8) is 0 Å². The number of aryl methyl sites for hydroxylation is 1. The lowest BCUT2D eigenvalue weighted by Gasteiger charge is -2.11. The summed E-state index contributed by atoms with van der Waals surface area (Å²) in [5.74, 6) is 1.85. The van der Waals surface area contributed by atoms with E-state index in [-0.39, 0.29) is 5.41 Å². The third-order valence-corrected chi connectivity index (χ3v) is 1.89. The van der Waals surface area contributed by atoms with Crippen LogP contribution in [0.3, 0.4) is 0 Å². The summed E-state index contributed by atoms with van der Waals surface area (Å²) in [6, 6.07) is 0. The minimum Gasteiger partial charge on any atom is -0.330 e. The van der Waals surface area contributed by atoms with Crippen molar-refractivity contribution in [2.75, 3.05) is 6.54 Å². The molecule has 1 heterocycles. The first-order chi connectivity index (χ1) is 5.95. The Kier molecular flexibility index (Phi) is 2.71. The molecule has 1 aromatic heterocycles. The standard InChI is InChI=1S/C9H18N4/c1-9(2,3)8-11-7(5-6-10)13(4)12-8/h5-6,10H2,1-4H3. The molecule has 0 amide bonds. The second-order valence-electron chi connectivity index (χ2n) is 4.26. The van der Waals surface area contributed by atoms with Crippen molar-refractivity contribution in [2.24, 2.45) is 12.8 Å². The van der Waals surface area contributed by atoms with E-state index in [0.717, 1.165) is 18.1 Å². The predicted octanol–water partition coefficient (Wildman–Crippen LogP) is 0.614. The summed E-state index contributed by atoms with van der Waals surface area (Å²) in [5.41, 5.74) is 5.49. The molecule has 0 aliphatic carbocycles. The number of aromatic nitrogens is 3. The molecular formula is C9H18N4. The first kappa shape index (κ1) is 10.2. The summed E-state index contributed by atoms with van der Waals surface area (Å²) in [6.07, 6.45) is 0.791. The highest BCUT2D eigenvalue weighted by molar-refractivity contribution is 5.03. The van der Waals surface area contributed by atoms with Crippen molar-refractivity contribution in [1.82, 2.24) is 14.8 Å². The molecular weight excluding hydrogens is 164 g/mol. The normalized spacial score (nSPS) is 12.1. The number of nitrogens with zero attached hydrogens (tertiary/aromatic N) is 3. The summed E-state index contributed by atoms with van der Waals surface area (Å²) in [7, 11) is 1.91. The smallest absolute Gasteiger partial charge is 0.156 e. The highest BCUT2D eigenvalue weighted by atomic mass is 15.3. The van der Waals surface area contributed by atoms with Gasteiger partial charge in [0.2, 0.25) is 0 Å². The van der Waals surface area contributed by atoms with Gasteiger partial charge in [0.25, 0.3) is 0 Å². The van der Waals surface area contributed by atoms with Crippen LogP contribution in [0.5, 0.6) is 0 Å². The first-order valence-electron chi connectivity index (χ1n) is 4.55. The van der Waals surface area contributed by atoms with Crippen LogP contribution < -0.4 is 5.73 Å². The van der Waals surface area contributed by atoms with Gasteiger partial charge in [-0.25, -0.2) is 4.98 Å². The molecule has 0 unspecified atom stereocenters. The fraction of sp³-hybridized carbons (Fsp3) is 0.778. The lowest BCUT2D eigenvalue weighted by molar-refractivity contribution is 0.538. The quantitative estimate of drug-likeness (QED) is 0.729. The van der Waals surface area contributed by atoms with Crippen LogP contribution in [-0.4, -0.2) is 21.3 Å². The van der Waals surface area contributed by atoms with Gasteiger partial charge in [-0.2, -0.15) is 5.10 Å². The maximum atomic E-state index is 5.47. The van der Waals surface area contributed by atoms with Crippen molar-refractivity contribution < 1.29 is 0 Å². The average molecular weight is 182 g/mol. The summed E-state index contributed by atoms with van der Waals surface area (Å²) in [4.78, 5) is 4.44. The molecule has 0 bridgehead atoms. The Morgan fingerprint density at radius 3 is 2.38 bits per heavy atom. The molecule has 13 heavy (non-hydrogen) atoms. The van der Waals surface area contributed by atoms with Gasteiger partial charge in [-0.1, -0.05) is 20.8 Å². The van der Waals surface area contributed by atoms with Crippen LogP contribution in [0.15, 0.2) is 0 Å². The number of nitrogens with two attached hydrogens (primary N) is 1. The minimum atomic E-state index is 0.0185. The summed E-state index contributed by atoms with van der Waals surface area (Å²) >= 11 is 0. The molecule has 0 aliphatic rings. The van der Waals surface area contributed by atoms with Crippen LogP contribution in [0, 0.1) is 0 Å². The first-order valence-corrected chi connectivity index (χ1v) is 4.55. The summed E-state index contributed by atoms with van der Waals surface area (Å²) in [6.45, 7) is 6.94. The Hall–Kier alpha value is -0.900. The van der Waals surface area contributed by atoms with E-state index >= 15 is 0 Å². The average Bonchev–Trinajstić information content (AvgIpc) is 2.32. The van der Waals surface area contributed by atoms with Gasteiger partial charge in [0.15, 0.2) is 5.82 Å². The Labute approximate surface area is 79.2 Å². The van der Waals surface area contributed by atoms with Crippen LogP contribution in [-0.2, 0) is 18.9 Å². The van der Waals surface area contributed by atoms with Crippen molar-refractivity contribution >= 4 is 0 Å². The van der Waals surface area contributed by atoms with Gasteiger partial charge >= 0.3 is 0 Å². The van der Waals surface area contributed by atoms with Gasteiger partial charge in [0.1, 0.15) is 5.82 Å². The summed E-state index contributed by atoms with van der Waals surface area (Å²) in [5, 5.41) is 4.35. The number of hydrogen-bond acceptors (Lipinski definition) is 3. The number of hydrogen-bond donors (Lipinski definition) is 1. The monoisotopic (exact) mass is 182 g/mol. The van der Waals surface area contributed by atoms with Gasteiger partial charge in [-0.3, -0.25) is 4.68 Å². The minimum absolute atomic E-state index is 0.0185. The van der Waals surface area contributed by atoms with Crippen molar-refractivity contribution in [3.05, 3.63) is 11.6 Å². The highest BCUT2D eigenvalue weighted by Gasteiger charge is 2.20. The molecule has 0 radical (unpaired) electrons. The third-order valence-electron chi connectivity index (χ3n) is 1.89. The van der Waals surface area contributed by atoms with Crippen molar-refractivity contribution in [1.29, 1.82) is 0 Å². The zero-order valence-electron chi connectivity index (χ0n) is 8.83. The molecule has 0 aromatic carbocycles. The van der Waals surface area contributed by atoms with Gasteiger partial charge in [-0.15, -0.1) is 0 Å². The van der Waals surface area contributed by atoms with Gasteiger partial charge < -0.3 is 5.73 Å². The Bertz CT molecular complexity index is 282. The molecule has 4 nitrogen and oxygen atoms in total. The lowest BCUT2D eigenvalue weighted by atomic mass is 9.96. The van der Waals surface area contributed by atoms with E-state index in [1.54, 1.807) is 0 Å². The van der Waals surface area contributed by atoms with Crippen molar-refractivity contribution in [3.8, 4) is 0 Å². The SMILES string of the molecule is Cn1nc(C(C)(C)C)nc1CCN. The Morgan fingerprint density at radius 2 is 2.00 bits per heavy atom. The molecule has 0 spiro atoms. The van der Waals surface area contributed by atoms with E-state index in [1.807, 2.05) is 11.7 Å². The largest absolute Gasteiger partial charge is 0.330 e. The predicted molar refractivity (Wildman–Crippen MR) is 52.5 cm³/mol. The molecule has 0 saturated heterocycles. The van der Waals surface area contributed by atoms with Gasteiger partial charge in [0.05, 0.1) is 0 Å². The molecule has 74 valence electrons. The van der Waals surface area contributed by atoms with Crippen LogP contribution in [0.2, 0.25) is 0 Å². The van der Waals surface area contributed by atoms with E-state index in [2.05, 4.69) is 30.9 Å². The zero-order chi connectivity index (χ0) is 10.1. The topological polar surface area (TPSA) is 56.7 Å². The molecule has 4 heteroatoms. The van der Waals surface area contributed by atoms with E-state index in [0.29, 0.717) is 6.54 Å². The maximum absolute atomic E-state index is 5.47. The fourth-order valence-corrected chi connectivity index (χ4v) is 1.08. The second kappa shape index (κ2) is 3.46. The molecule has 0 fully saturated rings. The van der Waals surface area contributed by atoms with Crippen LogP contribution in [0.25, 0.3) is 0 Å². The molecule has 0 atom stereocenters. The molecule has 1 aromatic rings. The third kappa shape index (κ3) is 2.28. The highest BCUT2D eigenvalue weighted by Crippen LogP contribution is 2.18. The van der Waals surface area contributed by atoms with Crippen LogP contribution in [0.1, 0.15) is 32.4 Å².